The zero-order chi connectivity index (χ0) is 25.4. The van der Waals surface area contributed by atoms with Gasteiger partial charge in [-0.25, -0.2) is 0 Å². The number of carbonyl (C=O) groups excluding carboxylic acids is 2. The van der Waals surface area contributed by atoms with Gasteiger partial charge in [-0.15, -0.1) is 0 Å². The molecule has 1 saturated heterocycles. The summed E-state index contributed by atoms with van der Waals surface area (Å²) in [6.07, 6.45) is -2.16. The van der Waals surface area contributed by atoms with Gasteiger partial charge in [-0.05, 0) is 80.7 Å². The van der Waals surface area contributed by atoms with Crippen LogP contribution in [-0.4, -0.2) is 52.5 Å². The van der Waals surface area contributed by atoms with Crippen LogP contribution in [0.15, 0.2) is 48.5 Å². The lowest BCUT2D eigenvalue weighted by Gasteiger charge is -2.29. The summed E-state index contributed by atoms with van der Waals surface area (Å²) in [4.78, 5) is 26.9. The number of phenolic OH excluding ortho intramolecular Hbond substituents is 1. The fraction of sp³-hybridized carbons (Fsp3) is 0.462. The number of ketones is 1. The number of hydrogen-bond acceptors (Lipinski definition) is 5. The maximum atomic E-state index is 12.9. The second-order valence-corrected chi connectivity index (χ2v) is 8.92. The molecule has 0 bridgehead atoms. The molecule has 190 valence electrons. The van der Waals surface area contributed by atoms with Gasteiger partial charge in [-0.3, -0.25) is 9.59 Å². The Hall–Kier alpha value is -2.91. The minimum Gasteiger partial charge on any atom is -0.508 e. The molecule has 0 radical (unpaired) electrons. The third kappa shape index (κ3) is 8.07. The SMILES string of the molecule is O=C(CCCCC(=O)c1ccc(O)cc1)N[C@H](CN1CCCC1)[C@H](O)c1ccc(C(F)(F)F)cc1. The number of aromatic hydroxyl groups is 1. The summed E-state index contributed by atoms with van der Waals surface area (Å²) in [6, 6.07) is 9.67. The number of aliphatic hydroxyl groups is 1. The molecular formula is C26H31F3N2O4. The molecule has 3 N–H and O–H groups in total. The summed E-state index contributed by atoms with van der Waals surface area (Å²) in [5.41, 5.74) is 0.00927. The standard InChI is InChI=1S/C26H31F3N2O4/c27-26(28,29)20-11-7-19(8-12-20)25(35)22(17-31-15-3-4-16-31)30-24(34)6-2-1-5-23(33)18-9-13-21(32)14-10-18/h7-14,22,25,32,35H,1-6,15-17H2,(H,30,34)/t22-,25-/m1/s1. The number of halogens is 3. The molecule has 0 aliphatic carbocycles. The van der Waals surface area contributed by atoms with Crippen LogP contribution < -0.4 is 5.32 Å². The van der Waals surface area contributed by atoms with Gasteiger partial charge in [0.25, 0.3) is 0 Å². The number of alkyl halides is 3. The van der Waals surface area contributed by atoms with Crippen molar-refractivity contribution in [2.75, 3.05) is 19.6 Å². The van der Waals surface area contributed by atoms with Crippen LogP contribution in [0.25, 0.3) is 0 Å². The summed E-state index contributed by atoms with van der Waals surface area (Å²) < 4.78 is 38.6. The van der Waals surface area contributed by atoms with E-state index in [0.717, 1.165) is 38.1 Å². The number of carbonyl (C=O) groups is 2. The number of amides is 1. The number of nitrogens with zero attached hydrogens (tertiary/aromatic N) is 1. The summed E-state index contributed by atoms with van der Waals surface area (Å²) in [5.74, 6) is -0.271. The van der Waals surface area contributed by atoms with E-state index in [9.17, 15) is 33.0 Å². The topological polar surface area (TPSA) is 89.9 Å². The molecule has 0 saturated carbocycles. The van der Waals surface area contributed by atoms with Crippen LogP contribution in [0.5, 0.6) is 5.75 Å². The maximum absolute atomic E-state index is 12.9. The monoisotopic (exact) mass is 492 g/mol. The number of Topliss-reactive ketones (excluding diaryl/α,β-unsaturated/α-hetero) is 1. The molecule has 1 amide bonds. The first-order valence-corrected chi connectivity index (χ1v) is 11.8. The second-order valence-electron chi connectivity index (χ2n) is 8.92. The van der Waals surface area contributed by atoms with Gasteiger partial charge in [0.2, 0.25) is 5.91 Å². The Kier molecular flexibility index (Phi) is 9.28. The molecule has 0 spiro atoms. The van der Waals surface area contributed by atoms with Gasteiger partial charge in [0, 0.05) is 24.9 Å². The highest BCUT2D eigenvalue weighted by Gasteiger charge is 2.31. The van der Waals surface area contributed by atoms with E-state index in [-0.39, 0.29) is 30.3 Å². The number of nitrogens with one attached hydrogen (secondary N) is 1. The maximum Gasteiger partial charge on any atom is 0.416 e. The van der Waals surface area contributed by atoms with E-state index >= 15 is 0 Å². The van der Waals surface area contributed by atoms with Crippen molar-refractivity contribution in [2.45, 2.75) is 56.8 Å². The third-order valence-electron chi connectivity index (χ3n) is 6.21. The molecule has 1 aliphatic heterocycles. The Morgan fingerprint density at radius 3 is 2.14 bits per heavy atom. The zero-order valence-electron chi connectivity index (χ0n) is 19.4. The third-order valence-corrected chi connectivity index (χ3v) is 6.21. The van der Waals surface area contributed by atoms with E-state index in [1.165, 1.54) is 24.3 Å². The molecular weight excluding hydrogens is 461 g/mol. The van der Waals surface area contributed by atoms with Crippen molar-refractivity contribution in [3.63, 3.8) is 0 Å². The molecule has 1 heterocycles. The number of aliphatic hydroxyl groups excluding tert-OH is 1. The summed E-state index contributed by atoms with van der Waals surface area (Å²) in [6.45, 7) is 2.07. The summed E-state index contributed by atoms with van der Waals surface area (Å²) >= 11 is 0. The molecule has 3 rings (SSSR count). The fourth-order valence-corrected chi connectivity index (χ4v) is 4.21. The van der Waals surface area contributed by atoms with Gasteiger partial charge in [0.15, 0.2) is 5.78 Å². The van der Waals surface area contributed by atoms with Crippen molar-refractivity contribution >= 4 is 11.7 Å². The lowest BCUT2D eigenvalue weighted by molar-refractivity contribution is -0.137. The van der Waals surface area contributed by atoms with Crippen LogP contribution in [0.2, 0.25) is 0 Å². The quantitative estimate of drug-likeness (QED) is 0.318. The van der Waals surface area contributed by atoms with Crippen LogP contribution in [0, 0.1) is 0 Å². The molecule has 1 aliphatic rings. The van der Waals surface area contributed by atoms with E-state index in [1.807, 2.05) is 0 Å². The lowest BCUT2D eigenvalue weighted by Crippen LogP contribution is -2.46. The molecule has 1 fully saturated rings. The van der Waals surface area contributed by atoms with Crippen molar-refractivity contribution in [2.24, 2.45) is 0 Å². The average molecular weight is 493 g/mol. The zero-order valence-corrected chi connectivity index (χ0v) is 19.4. The van der Waals surface area contributed by atoms with Crippen LogP contribution >= 0.6 is 0 Å². The van der Waals surface area contributed by atoms with Crippen molar-refractivity contribution in [1.29, 1.82) is 0 Å². The normalized spacial score (nSPS) is 16.1. The Balaban J connectivity index is 1.54. The average Bonchev–Trinajstić information content (AvgIpc) is 3.34. The first-order valence-electron chi connectivity index (χ1n) is 11.8. The predicted molar refractivity (Wildman–Crippen MR) is 125 cm³/mol. The van der Waals surface area contributed by atoms with Gasteiger partial charge in [0.1, 0.15) is 11.9 Å². The smallest absolute Gasteiger partial charge is 0.416 e. The van der Waals surface area contributed by atoms with Gasteiger partial charge < -0.3 is 20.4 Å². The molecule has 35 heavy (non-hydrogen) atoms. The highest BCUT2D eigenvalue weighted by Crippen LogP contribution is 2.30. The van der Waals surface area contributed by atoms with E-state index in [0.29, 0.717) is 30.5 Å². The highest BCUT2D eigenvalue weighted by molar-refractivity contribution is 5.96. The van der Waals surface area contributed by atoms with Crippen LogP contribution in [0.1, 0.15) is 66.1 Å². The Bertz CT molecular complexity index is 972. The minimum absolute atomic E-state index is 0.0740. The van der Waals surface area contributed by atoms with Gasteiger partial charge >= 0.3 is 6.18 Å². The van der Waals surface area contributed by atoms with Gasteiger partial charge in [-0.1, -0.05) is 12.1 Å². The summed E-state index contributed by atoms with van der Waals surface area (Å²) in [5, 5.41) is 23.0. The van der Waals surface area contributed by atoms with E-state index < -0.39 is 23.9 Å². The van der Waals surface area contributed by atoms with Crippen LogP contribution in [0.4, 0.5) is 13.2 Å². The first-order chi connectivity index (χ1) is 16.6. The molecule has 2 aromatic rings. The molecule has 0 unspecified atom stereocenters. The Labute approximate surface area is 202 Å². The van der Waals surface area contributed by atoms with Crippen LogP contribution in [0.3, 0.4) is 0 Å². The van der Waals surface area contributed by atoms with Crippen molar-refractivity contribution in [3.05, 3.63) is 65.2 Å². The minimum atomic E-state index is -4.46. The van der Waals surface area contributed by atoms with E-state index in [2.05, 4.69) is 10.2 Å². The van der Waals surface area contributed by atoms with Gasteiger partial charge in [0.05, 0.1) is 11.6 Å². The van der Waals surface area contributed by atoms with Crippen molar-refractivity contribution in [3.8, 4) is 5.75 Å². The largest absolute Gasteiger partial charge is 0.508 e. The Morgan fingerprint density at radius 2 is 1.54 bits per heavy atom. The summed E-state index contributed by atoms with van der Waals surface area (Å²) in [7, 11) is 0. The second kappa shape index (κ2) is 12.2. The fourth-order valence-electron chi connectivity index (χ4n) is 4.21. The van der Waals surface area contributed by atoms with Gasteiger partial charge in [-0.2, -0.15) is 13.2 Å². The Morgan fingerprint density at radius 1 is 0.943 bits per heavy atom. The number of unbranched alkanes of at least 4 members (excludes halogenated alkanes) is 1. The van der Waals surface area contributed by atoms with E-state index in [4.69, 9.17) is 0 Å². The number of rotatable bonds is 11. The number of likely N-dealkylation sites (tertiary alicyclic amines) is 1. The van der Waals surface area contributed by atoms with E-state index in [1.54, 1.807) is 12.1 Å². The number of hydrogen-bond donors (Lipinski definition) is 3. The molecule has 2 aromatic carbocycles. The molecule has 0 aromatic heterocycles. The molecule has 2 atom stereocenters. The predicted octanol–water partition coefficient (Wildman–Crippen LogP) is 4.47. The number of phenols is 1. The van der Waals surface area contributed by atoms with Crippen molar-refractivity contribution < 1.29 is 33.0 Å². The highest BCUT2D eigenvalue weighted by atomic mass is 19.4. The number of benzene rings is 2. The molecule has 9 heteroatoms. The van der Waals surface area contributed by atoms with Crippen molar-refractivity contribution in [1.82, 2.24) is 10.2 Å². The van der Waals surface area contributed by atoms with Crippen LogP contribution in [-0.2, 0) is 11.0 Å². The molecule has 6 nitrogen and oxygen atoms in total. The first kappa shape index (κ1) is 26.7. The lowest BCUT2D eigenvalue weighted by atomic mass is 9.99.